The minimum Gasteiger partial charge on any atom is -0.368 e. The van der Waals surface area contributed by atoms with E-state index in [-0.39, 0.29) is 13.2 Å². The van der Waals surface area contributed by atoms with Gasteiger partial charge in [-0.25, -0.2) is 0 Å². The van der Waals surface area contributed by atoms with Crippen molar-refractivity contribution in [3.63, 3.8) is 0 Å². The Morgan fingerprint density at radius 2 is 1.35 bits per heavy atom. The van der Waals surface area contributed by atoms with Gasteiger partial charge >= 0.3 is 15.2 Å². The Morgan fingerprint density at radius 3 is 1.59 bits per heavy atom. The van der Waals surface area contributed by atoms with Crippen LogP contribution in [0.25, 0.3) is 0 Å². The average molecular weight is 290 g/mol. The van der Waals surface area contributed by atoms with E-state index in [2.05, 4.69) is 9.05 Å². The van der Waals surface area contributed by atoms with E-state index >= 15 is 0 Å². The summed E-state index contributed by atoms with van der Waals surface area (Å²) in [6, 6.07) is 0. The van der Waals surface area contributed by atoms with Crippen molar-refractivity contribution >= 4 is 15.2 Å². The lowest BCUT2D eigenvalue weighted by molar-refractivity contribution is 0.103. The number of aliphatic hydroxyl groups is 1. The Kier molecular flexibility index (Phi) is 6.53. The molecule has 1 N–H and O–H groups in total. The second kappa shape index (κ2) is 6.43. The summed E-state index contributed by atoms with van der Waals surface area (Å²) >= 11 is 0. The number of rotatable bonds is 8. The van der Waals surface area contributed by atoms with Gasteiger partial charge in [0, 0.05) is 14.2 Å². The van der Waals surface area contributed by atoms with Crippen molar-refractivity contribution < 1.29 is 32.3 Å². The van der Waals surface area contributed by atoms with E-state index in [1.165, 1.54) is 0 Å². The van der Waals surface area contributed by atoms with Crippen molar-refractivity contribution in [3.8, 4) is 0 Å². The van der Waals surface area contributed by atoms with Gasteiger partial charge in [0.2, 0.25) is 0 Å². The van der Waals surface area contributed by atoms with Crippen LogP contribution in [0.1, 0.15) is 20.8 Å². The standard InChI is InChI=1S/C8H20O7P2/c1-6-14-17(11,15-7-2)8(3,9)16(10,12-4)13-5/h9H,6-7H2,1-5H3. The van der Waals surface area contributed by atoms with E-state index in [0.29, 0.717) is 0 Å². The van der Waals surface area contributed by atoms with Gasteiger partial charge in [-0.3, -0.25) is 9.13 Å². The minimum absolute atomic E-state index is 0.0286. The molecule has 104 valence electrons. The quantitative estimate of drug-likeness (QED) is 0.686. The first-order valence-corrected chi connectivity index (χ1v) is 8.16. The zero-order valence-electron chi connectivity index (χ0n) is 10.7. The maximum Gasteiger partial charge on any atom is 0.374 e. The van der Waals surface area contributed by atoms with E-state index in [1.807, 2.05) is 0 Å². The van der Waals surface area contributed by atoms with Crippen LogP contribution in [0.4, 0.5) is 0 Å². The molecular formula is C8H20O7P2. The molecule has 7 nitrogen and oxygen atoms in total. The highest BCUT2D eigenvalue weighted by molar-refractivity contribution is 7.73. The van der Waals surface area contributed by atoms with Gasteiger partial charge in [0.25, 0.3) is 5.08 Å². The largest absolute Gasteiger partial charge is 0.374 e. The lowest BCUT2D eigenvalue weighted by Gasteiger charge is -2.34. The van der Waals surface area contributed by atoms with Crippen molar-refractivity contribution in [2.24, 2.45) is 0 Å². The van der Waals surface area contributed by atoms with Crippen molar-refractivity contribution in [1.29, 1.82) is 0 Å². The topological polar surface area (TPSA) is 91.3 Å². The number of hydrogen-bond donors (Lipinski definition) is 1. The highest BCUT2D eigenvalue weighted by atomic mass is 31.2. The third-order valence-corrected chi connectivity index (χ3v) is 7.82. The summed E-state index contributed by atoms with van der Waals surface area (Å²) in [6.45, 7) is 4.26. The summed E-state index contributed by atoms with van der Waals surface area (Å²) < 4.78 is 43.7. The monoisotopic (exact) mass is 290 g/mol. The fraction of sp³-hybridized carbons (Fsp3) is 1.00. The van der Waals surface area contributed by atoms with Gasteiger partial charge in [-0.15, -0.1) is 0 Å². The van der Waals surface area contributed by atoms with E-state index in [0.717, 1.165) is 21.1 Å². The summed E-state index contributed by atoms with van der Waals surface area (Å²) in [7, 11) is -5.89. The van der Waals surface area contributed by atoms with Crippen LogP contribution in [-0.4, -0.2) is 37.6 Å². The molecule has 0 aromatic carbocycles. The zero-order chi connectivity index (χ0) is 13.7. The molecule has 0 aliphatic carbocycles. The fourth-order valence-electron chi connectivity index (χ4n) is 1.19. The highest BCUT2D eigenvalue weighted by Crippen LogP contribution is 2.75. The molecule has 0 aromatic rings. The Morgan fingerprint density at radius 1 is 1.00 bits per heavy atom. The summed E-state index contributed by atoms with van der Waals surface area (Å²) in [4.78, 5) is 0. The van der Waals surface area contributed by atoms with Crippen molar-refractivity contribution in [3.05, 3.63) is 0 Å². The smallest absolute Gasteiger partial charge is 0.368 e. The fourth-order valence-corrected chi connectivity index (χ4v) is 5.31. The molecule has 17 heavy (non-hydrogen) atoms. The molecule has 9 heteroatoms. The van der Waals surface area contributed by atoms with Crippen LogP contribution < -0.4 is 0 Å². The molecule has 0 spiro atoms. The SMILES string of the molecule is CCOP(=O)(OCC)C(C)(O)P(=O)(OC)OC. The first-order valence-electron chi connectivity index (χ1n) is 5.07. The molecule has 0 fully saturated rings. The summed E-state index contributed by atoms with van der Waals surface area (Å²) in [6.07, 6.45) is 0. The van der Waals surface area contributed by atoms with E-state index in [9.17, 15) is 14.2 Å². The van der Waals surface area contributed by atoms with E-state index < -0.39 is 20.3 Å². The molecule has 0 amide bonds. The van der Waals surface area contributed by atoms with E-state index in [4.69, 9.17) is 9.05 Å². The van der Waals surface area contributed by atoms with Crippen LogP contribution in [0.15, 0.2) is 0 Å². The van der Waals surface area contributed by atoms with Crippen molar-refractivity contribution in [2.75, 3.05) is 27.4 Å². The lowest BCUT2D eigenvalue weighted by Crippen LogP contribution is -2.28. The van der Waals surface area contributed by atoms with Crippen molar-refractivity contribution in [1.82, 2.24) is 0 Å². The number of hydrogen-bond acceptors (Lipinski definition) is 7. The minimum atomic E-state index is -4.03. The molecular weight excluding hydrogens is 270 g/mol. The molecule has 0 heterocycles. The van der Waals surface area contributed by atoms with Crippen LogP contribution in [0.2, 0.25) is 0 Å². The molecule has 0 aromatic heterocycles. The Labute approximate surface area is 101 Å². The van der Waals surface area contributed by atoms with Gasteiger partial charge in [-0.2, -0.15) is 0 Å². The third kappa shape index (κ3) is 3.18. The van der Waals surface area contributed by atoms with Gasteiger partial charge in [0.05, 0.1) is 13.2 Å². The van der Waals surface area contributed by atoms with E-state index in [1.54, 1.807) is 13.8 Å². The predicted octanol–water partition coefficient (Wildman–Crippen LogP) is 2.40. The second-order valence-electron chi connectivity index (χ2n) is 3.17. The molecule has 1 unspecified atom stereocenters. The molecule has 0 saturated carbocycles. The summed E-state index contributed by atoms with van der Waals surface area (Å²) in [5.74, 6) is 0. The molecule has 0 aliphatic rings. The first kappa shape index (κ1) is 17.3. The average Bonchev–Trinajstić information content (AvgIpc) is 2.28. The van der Waals surface area contributed by atoms with Gasteiger partial charge < -0.3 is 23.2 Å². The van der Waals surface area contributed by atoms with Crippen LogP contribution in [0, 0.1) is 0 Å². The normalized spacial score (nSPS) is 16.8. The van der Waals surface area contributed by atoms with Gasteiger partial charge in [-0.1, -0.05) is 0 Å². The lowest BCUT2D eigenvalue weighted by atomic mass is 10.9. The molecule has 0 bridgehead atoms. The van der Waals surface area contributed by atoms with Crippen molar-refractivity contribution in [2.45, 2.75) is 25.9 Å². The summed E-state index contributed by atoms with van der Waals surface area (Å²) in [5, 5.41) is 7.82. The molecule has 0 saturated heterocycles. The molecule has 0 radical (unpaired) electrons. The highest BCUT2D eigenvalue weighted by Gasteiger charge is 2.60. The third-order valence-electron chi connectivity index (χ3n) is 2.12. The van der Waals surface area contributed by atoms with Crippen LogP contribution in [0.3, 0.4) is 0 Å². The zero-order valence-corrected chi connectivity index (χ0v) is 12.5. The van der Waals surface area contributed by atoms with Crippen LogP contribution in [-0.2, 0) is 27.2 Å². The van der Waals surface area contributed by atoms with Gasteiger partial charge in [0.15, 0.2) is 0 Å². The molecule has 0 rings (SSSR count). The Balaban J connectivity index is 5.50. The first-order chi connectivity index (χ1) is 7.74. The Hall–Kier alpha value is 0.260. The van der Waals surface area contributed by atoms with Gasteiger partial charge in [0.1, 0.15) is 0 Å². The van der Waals surface area contributed by atoms with Crippen LogP contribution in [0.5, 0.6) is 0 Å². The second-order valence-corrected chi connectivity index (χ2v) is 8.50. The Bertz CT molecular complexity index is 310. The predicted molar refractivity (Wildman–Crippen MR) is 63.1 cm³/mol. The summed E-state index contributed by atoms with van der Waals surface area (Å²) in [5.41, 5.74) is 0. The molecule has 0 aliphatic heterocycles. The molecule has 1 atom stereocenters. The maximum atomic E-state index is 12.4. The maximum absolute atomic E-state index is 12.4. The van der Waals surface area contributed by atoms with Gasteiger partial charge in [-0.05, 0) is 20.8 Å². The van der Waals surface area contributed by atoms with Crippen LogP contribution >= 0.6 is 15.2 Å².